The minimum Gasteiger partial charge on any atom is -0.378 e. The number of rotatable bonds is 4. The van der Waals surface area contributed by atoms with E-state index in [9.17, 15) is 4.21 Å². The second-order valence-corrected chi connectivity index (χ2v) is 7.87. The van der Waals surface area contributed by atoms with Gasteiger partial charge in [0, 0.05) is 29.7 Å². The lowest BCUT2D eigenvalue weighted by atomic mass is 10.0. The molecule has 3 aromatic rings. The standard InChI is InChI=1S/C21H17ClN2OS/c1-24(2)18-8-10-19(11-9-18)26(25)21-12-7-17(22)13-20(21)16-5-3-15(14-23)4-6-16/h3-13H,1-2H3. The fourth-order valence-electron chi connectivity index (χ4n) is 2.61. The number of halogens is 1. The lowest BCUT2D eigenvalue weighted by Gasteiger charge is -2.14. The number of nitrogens with zero attached hydrogens (tertiary/aromatic N) is 2. The van der Waals surface area contributed by atoms with Gasteiger partial charge in [0.25, 0.3) is 0 Å². The Morgan fingerprint density at radius 2 is 1.62 bits per heavy atom. The molecule has 0 aliphatic heterocycles. The van der Waals surface area contributed by atoms with Crippen LogP contribution in [0.3, 0.4) is 0 Å². The van der Waals surface area contributed by atoms with Crippen LogP contribution >= 0.6 is 11.6 Å². The second-order valence-electron chi connectivity index (χ2n) is 5.99. The Labute approximate surface area is 160 Å². The maximum absolute atomic E-state index is 13.2. The molecule has 0 saturated carbocycles. The molecule has 3 aromatic carbocycles. The number of hydrogen-bond acceptors (Lipinski definition) is 3. The topological polar surface area (TPSA) is 44.1 Å². The molecule has 3 rings (SSSR count). The van der Waals surface area contributed by atoms with Crippen LogP contribution in [-0.2, 0) is 10.8 Å². The van der Waals surface area contributed by atoms with Crippen LogP contribution in [0.15, 0.2) is 76.5 Å². The van der Waals surface area contributed by atoms with Crippen molar-refractivity contribution in [2.45, 2.75) is 9.79 Å². The molecule has 0 saturated heterocycles. The Kier molecular flexibility index (Phi) is 5.41. The van der Waals surface area contributed by atoms with Gasteiger partial charge in [-0.1, -0.05) is 23.7 Å². The zero-order valence-electron chi connectivity index (χ0n) is 14.4. The minimum absolute atomic E-state index is 0.577. The van der Waals surface area contributed by atoms with Crippen molar-refractivity contribution in [2.75, 3.05) is 19.0 Å². The number of nitriles is 1. The number of benzene rings is 3. The SMILES string of the molecule is CN(C)c1ccc(S(=O)c2ccc(Cl)cc2-c2ccc(C#N)cc2)cc1. The molecule has 26 heavy (non-hydrogen) atoms. The summed E-state index contributed by atoms with van der Waals surface area (Å²) in [5, 5.41) is 9.55. The van der Waals surface area contributed by atoms with Crippen molar-refractivity contribution in [1.29, 1.82) is 5.26 Å². The van der Waals surface area contributed by atoms with Gasteiger partial charge >= 0.3 is 0 Å². The molecule has 0 heterocycles. The fourth-order valence-corrected chi connectivity index (χ4v) is 3.99. The molecule has 0 aliphatic carbocycles. The maximum atomic E-state index is 13.2. The van der Waals surface area contributed by atoms with E-state index in [0.29, 0.717) is 15.5 Å². The summed E-state index contributed by atoms with van der Waals surface area (Å²) >= 11 is 6.17. The third-order valence-corrected chi connectivity index (χ3v) is 5.72. The lowest BCUT2D eigenvalue weighted by molar-refractivity contribution is 0.683. The first-order chi connectivity index (χ1) is 12.5. The summed E-state index contributed by atoms with van der Waals surface area (Å²) < 4.78 is 13.2. The smallest absolute Gasteiger partial charge is 0.0991 e. The van der Waals surface area contributed by atoms with E-state index in [1.54, 1.807) is 24.3 Å². The van der Waals surface area contributed by atoms with Gasteiger partial charge in [0.2, 0.25) is 0 Å². The highest BCUT2D eigenvalue weighted by molar-refractivity contribution is 7.85. The third kappa shape index (κ3) is 3.80. The first-order valence-corrected chi connectivity index (χ1v) is 9.51. The van der Waals surface area contributed by atoms with Gasteiger partial charge in [0.15, 0.2) is 0 Å². The highest BCUT2D eigenvalue weighted by Crippen LogP contribution is 2.32. The first kappa shape index (κ1) is 18.2. The van der Waals surface area contributed by atoms with Gasteiger partial charge in [-0.2, -0.15) is 5.26 Å². The van der Waals surface area contributed by atoms with Crippen molar-refractivity contribution in [2.24, 2.45) is 0 Å². The molecule has 0 spiro atoms. The summed E-state index contributed by atoms with van der Waals surface area (Å²) in [6.45, 7) is 0. The zero-order valence-corrected chi connectivity index (χ0v) is 16.0. The highest BCUT2D eigenvalue weighted by atomic mass is 35.5. The molecule has 130 valence electrons. The fraction of sp³-hybridized carbons (Fsp3) is 0.0952. The van der Waals surface area contributed by atoms with E-state index in [1.807, 2.05) is 61.5 Å². The lowest BCUT2D eigenvalue weighted by Crippen LogP contribution is -2.08. The predicted molar refractivity (Wildman–Crippen MR) is 107 cm³/mol. The summed E-state index contributed by atoms with van der Waals surface area (Å²) in [5.74, 6) is 0. The van der Waals surface area contributed by atoms with E-state index in [2.05, 4.69) is 6.07 Å². The molecule has 0 radical (unpaired) electrons. The molecule has 0 bridgehead atoms. The van der Waals surface area contributed by atoms with Crippen LogP contribution in [0.2, 0.25) is 5.02 Å². The average molecular weight is 381 g/mol. The van der Waals surface area contributed by atoms with Gasteiger partial charge in [-0.25, -0.2) is 4.21 Å². The van der Waals surface area contributed by atoms with E-state index in [1.165, 1.54) is 0 Å². The van der Waals surface area contributed by atoms with Crippen molar-refractivity contribution < 1.29 is 4.21 Å². The van der Waals surface area contributed by atoms with E-state index >= 15 is 0 Å². The van der Waals surface area contributed by atoms with E-state index in [4.69, 9.17) is 16.9 Å². The Hall–Kier alpha value is -2.61. The van der Waals surface area contributed by atoms with Crippen molar-refractivity contribution in [1.82, 2.24) is 0 Å². The van der Waals surface area contributed by atoms with Crippen LogP contribution in [-0.4, -0.2) is 18.3 Å². The zero-order chi connectivity index (χ0) is 18.7. The Balaban J connectivity index is 2.04. The first-order valence-electron chi connectivity index (χ1n) is 7.99. The third-order valence-electron chi connectivity index (χ3n) is 4.03. The molecule has 0 amide bonds. The van der Waals surface area contributed by atoms with Crippen molar-refractivity contribution in [3.05, 3.63) is 77.3 Å². The molecule has 1 atom stereocenters. The van der Waals surface area contributed by atoms with Crippen LogP contribution in [0.25, 0.3) is 11.1 Å². The summed E-state index contributed by atoms with van der Waals surface area (Å²) in [6, 6.07) is 22.3. The van der Waals surface area contributed by atoms with Gasteiger partial charge in [-0.15, -0.1) is 0 Å². The van der Waals surface area contributed by atoms with Gasteiger partial charge in [-0.3, -0.25) is 0 Å². The molecule has 0 aliphatic rings. The molecule has 1 unspecified atom stereocenters. The quantitative estimate of drug-likeness (QED) is 0.631. The van der Waals surface area contributed by atoms with Gasteiger partial charge < -0.3 is 4.90 Å². The van der Waals surface area contributed by atoms with E-state index in [0.717, 1.165) is 21.7 Å². The van der Waals surface area contributed by atoms with Crippen LogP contribution in [0.4, 0.5) is 5.69 Å². The van der Waals surface area contributed by atoms with Crippen LogP contribution in [0.1, 0.15) is 5.56 Å². The summed E-state index contributed by atoms with van der Waals surface area (Å²) in [5.41, 5.74) is 3.31. The average Bonchev–Trinajstić information content (AvgIpc) is 2.67. The monoisotopic (exact) mass is 380 g/mol. The molecule has 5 heteroatoms. The van der Waals surface area contributed by atoms with Crippen molar-refractivity contribution >= 4 is 28.1 Å². The van der Waals surface area contributed by atoms with Crippen molar-refractivity contribution in [3.63, 3.8) is 0 Å². The molecule has 0 N–H and O–H groups in total. The Bertz CT molecular complexity index is 990. The maximum Gasteiger partial charge on any atom is 0.0991 e. The minimum atomic E-state index is -1.34. The number of hydrogen-bond donors (Lipinski definition) is 0. The number of anilines is 1. The summed E-state index contributed by atoms with van der Waals surface area (Å²) in [4.78, 5) is 3.42. The highest BCUT2D eigenvalue weighted by Gasteiger charge is 2.14. The van der Waals surface area contributed by atoms with Gasteiger partial charge in [-0.05, 0) is 65.7 Å². The van der Waals surface area contributed by atoms with Gasteiger partial charge in [0.1, 0.15) is 0 Å². The van der Waals surface area contributed by atoms with Crippen molar-refractivity contribution in [3.8, 4) is 17.2 Å². The van der Waals surface area contributed by atoms with Crippen LogP contribution < -0.4 is 4.90 Å². The van der Waals surface area contributed by atoms with Crippen LogP contribution in [0.5, 0.6) is 0 Å². The predicted octanol–water partition coefficient (Wildman–Crippen LogP) is 5.11. The summed E-state index contributed by atoms with van der Waals surface area (Å²) in [7, 11) is 2.59. The molecule has 0 aromatic heterocycles. The van der Waals surface area contributed by atoms with E-state index in [-0.39, 0.29) is 0 Å². The Morgan fingerprint density at radius 3 is 2.19 bits per heavy atom. The molecule has 0 fully saturated rings. The molecular weight excluding hydrogens is 364 g/mol. The molecule has 3 nitrogen and oxygen atoms in total. The largest absolute Gasteiger partial charge is 0.378 e. The van der Waals surface area contributed by atoms with E-state index < -0.39 is 10.8 Å². The normalized spacial score (nSPS) is 11.6. The molecular formula is C21H17ClN2OS. The second kappa shape index (κ2) is 7.74. The van der Waals surface area contributed by atoms with Crippen LogP contribution in [0, 0.1) is 11.3 Å². The summed E-state index contributed by atoms with van der Waals surface area (Å²) in [6.07, 6.45) is 0. The van der Waals surface area contributed by atoms with Gasteiger partial charge in [0.05, 0.1) is 27.3 Å². The Morgan fingerprint density at radius 1 is 0.962 bits per heavy atom.